The molecule has 0 radical (unpaired) electrons. The molecule has 0 fully saturated rings. The van der Waals surface area contributed by atoms with Crippen molar-refractivity contribution in [2.24, 2.45) is 0 Å². The van der Waals surface area contributed by atoms with Crippen molar-refractivity contribution in [3.63, 3.8) is 0 Å². The quantitative estimate of drug-likeness (QED) is 0.154. The summed E-state index contributed by atoms with van der Waals surface area (Å²) in [5, 5.41) is 2.65. The van der Waals surface area contributed by atoms with Crippen molar-refractivity contribution < 1.29 is 0 Å². The maximum absolute atomic E-state index is 2.44. The second kappa shape index (κ2) is 15.8. The molecule has 0 saturated heterocycles. The molecule has 322 valence electrons. The standard InChI is InChI=1S/C67H43NS/c1-3-13-44(14-4-1)46-23-32-52(33-24-46)68(54-36-27-48(28-37-54)51-29-38-58-57-19-9-12-22-65(57)69-66(58)43-51)53-34-25-47(26-35-53)50-31-40-64-60(42-50)56-18-8-11-21-62(56)67(64)61-20-10-7-17-55(61)59-41-49(30-39-63(59)67)45-15-5-2-6-16-45/h1-43H. The van der Waals surface area contributed by atoms with Crippen LogP contribution in [-0.2, 0) is 5.41 Å². The van der Waals surface area contributed by atoms with Crippen LogP contribution in [0.3, 0.4) is 0 Å². The molecule has 1 unspecified atom stereocenters. The van der Waals surface area contributed by atoms with E-state index in [0.717, 1.165) is 17.1 Å². The van der Waals surface area contributed by atoms with E-state index in [9.17, 15) is 0 Å². The fourth-order valence-corrected chi connectivity index (χ4v) is 12.7. The van der Waals surface area contributed by atoms with Crippen LogP contribution in [0.5, 0.6) is 0 Å². The molecule has 0 amide bonds. The predicted molar refractivity (Wildman–Crippen MR) is 292 cm³/mol. The molecular weight excluding hydrogens is 851 g/mol. The monoisotopic (exact) mass is 893 g/mol. The summed E-state index contributed by atoms with van der Waals surface area (Å²) in [5.74, 6) is 0. The molecule has 0 saturated carbocycles. The minimum Gasteiger partial charge on any atom is -0.311 e. The van der Waals surface area contributed by atoms with E-state index >= 15 is 0 Å². The van der Waals surface area contributed by atoms with E-state index < -0.39 is 5.41 Å². The Hall–Kier alpha value is -8.56. The minimum absolute atomic E-state index is 0.396. The van der Waals surface area contributed by atoms with Gasteiger partial charge in [-0.25, -0.2) is 0 Å². The molecule has 0 bridgehead atoms. The van der Waals surface area contributed by atoms with Crippen LogP contribution in [0, 0.1) is 0 Å². The summed E-state index contributed by atoms with van der Waals surface area (Å²) in [6.07, 6.45) is 0. The first-order valence-electron chi connectivity index (χ1n) is 23.8. The zero-order chi connectivity index (χ0) is 45.5. The summed E-state index contributed by atoms with van der Waals surface area (Å²) >= 11 is 1.87. The van der Waals surface area contributed by atoms with Crippen LogP contribution in [0.4, 0.5) is 17.1 Å². The van der Waals surface area contributed by atoms with Crippen LogP contribution in [0.2, 0.25) is 0 Å². The fraction of sp³-hybridized carbons (Fsp3) is 0.0149. The van der Waals surface area contributed by atoms with Gasteiger partial charge in [-0.1, -0.05) is 200 Å². The van der Waals surface area contributed by atoms with Crippen molar-refractivity contribution in [1.29, 1.82) is 0 Å². The molecule has 1 nitrogen and oxygen atoms in total. The lowest BCUT2D eigenvalue weighted by Gasteiger charge is -2.30. The number of nitrogens with zero attached hydrogens (tertiary/aromatic N) is 1. The molecule has 2 heteroatoms. The molecule has 1 atom stereocenters. The molecule has 2 aliphatic rings. The maximum atomic E-state index is 2.44. The van der Waals surface area contributed by atoms with Gasteiger partial charge in [0.1, 0.15) is 0 Å². The van der Waals surface area contributed by atoms with Crippen LogP contribution < -0.4 is 4.90 Å². The third-order valence-electron chi connectivity index (χ3n) is 14.7. The molecule has 0 N–H and O–H groups in total. The van der Waals surface area contributed by atoms with Crippen molar-refractivity contribution in [3.05, 3.63) is 283 Å². The van der Waals surface area contributed by atoms with Gasteiger partial charge in [0.05, 0.1) is 5.41 Å². The summed E-state index contributed by atoms with van der Waals surface area (Å²) < 4.78 is 2.64. The highest BCUT2D eigenvalue weighted by Gasteiger charge is 2.51. The van der Waals surface area contributed by atoms with Crippen molar-refractivity contribution in [2.75, 3.05) is 4.90 Å². The Bertz CT molecular complexity index is 3920. The van der Waals surface area contributed by atoms with Gasteiger partial charge in [-0.3, -0.25) is 0 Å². The molecule has 1 aromatic heterocycles. The SMILES string of the molecule is c1ccc(-c2ccc(N(c3ccc(-c4ccc5c(c4)-c4ccccc4C54c5ccccc5-c5cc(-c6ccccc6)ccc54)cc3)c3ccc(-c4ccc5c(c4)sc4ccccc45)cc3)cc2)cc1. The zero-order valence-electron chi connectivity index (χ0n) is 37.7. The number of fused-ring (bicyclic) bond motifs is 13. The van der Waals surface area contributed by atoms with Gasteiger partial charge >= 0.3 is 0 Å². The summed E-state index contributed by atoms with van der Waals surface area (Å²) in [5.41, 5.74) is 23.3. The van der Waals surface area contributed by atoms with E-state index in [0.29, 0.717) is 0 Å². The molecule has 1 heterocycles. The average Bonchev–Trinajstić information content (AvgIpc) is 4.05. The van der Waals surface area contributed by atoms with Crippen LogP contribution in [0.15, 0.2) is 261 Å². The lowest BCUT2D eigenvalue weighted by Crippen LogP contribution is -2.25. The Labute approximate surface area is 406 Å². The summed E-state index contributed by atoms with van der Waals surface area (Å²) in [4.78, 5) is 2.37. The van der Waals surface area contributed by atoms with Gasteiger partial charge in [0.2, 0.25) is 0 Å². The van der Waals surface area contributed by atoms with Gasteiger partial charge in [-0.05, 0) is 150 Å². The molecule has 1 spiro atoms. The largest absolute Gasteiger partial charge is 0.311 e. The zero-order valence-corrected chi connectivity index (χ0v) is 38.5. The third-order valence-corrected chi connectivity index (χ3v) is 15.9. The molecule has 14 rings (SSSR count). The molecule has 11 aromatic carbocycles. The van der Waals surface area contributed by atoms with E-state index in [1.807, 2.05) is 11.3 Å². The Balaban J connectivity index is 0.841. The maximum Gasteiger partial charge on any atom is 0.0725 e. The van der Waals surface area contributed by atoms with Gasteiger partial charge in [0.25, 0.3) is 0 Å². The Kier molecular flexibility index (Phi) is 9.05. The summed E-state index contributed by atoms with van der Waals surface area (Å²) in [6.45, 7) is 0. The van der Waals surface area contributed by atoms with Crippen LogP contribution in [0.1, 0.15) is 22.3 Å². The lowest BCUT2D eigenvalue weighted by molar-refractivity contribution is 0.794. The molecular formula is C67H43NS. The van der Waals surface area contributed by atoms with Crippen molar-refractivity contribution in [1.82, 2.24) is 0 Å². The molecule has 0 aliphatic heterocycles. The van der Waals surface area contributed by atoms with Crippen molar-refractivity contribution in [2.45, 2.75) is 5.41 Å². The normalized spacial score (nSPS) is 14.1. The second-order valence-corrected chi connectivity index (χ2v) is 19.5. The lowest BCUT2D eigenvalue weighted by atomic mass is 9.70. The summed E-state index contributed by atoms with van der Waals surface area (Å²) in [7, 11) is 0. The van der Waals surface area contributed by atoms with Gasteiger partial charge in [-0.2, -0.15) is 0 Å². The highest BCUT2D eigenvalue weighted by Crippen LogP contribution is 2.63. The highest BCUT2D eigenvalue weighted by atomic mass is 32.1. The Morgan fingerprint density at radius 3 is 1.14 bits per heavy atom. The average molecular weight is 894 g/mol. The first-order valence-corrected chi connectivity index (χ1v) is 24.6. The van der Waals surface area contributed by atoms with E-state index in [1.54, 1.807) is 0 Å². The Morgan fingerprint density at radius 1 is 0.246 bits per heavy atom. The van der Waals surface area contributed by atoms with Crippen LogP contribution in [-0.4, -0.2) is 0 Å². The minimum atomic E-state index is -0.396. The summed E-state index contributed by atoms with van der Waals surface area (Å²) in [6, 6.07) is 96.6. The Morgan fingerprint density at radius 2 is 0.609 bits per heavy atom. The van der Waals surface area contributed by atoms with E-state index in [2.05, 4.69) is 266 Å². The number of anilines is 3. The van der Waals surface area contributed by atoms with Crippen molar-refractivity contribution in [3.8, 4) is 66.8 Å². The van der Waals surface area contributed by atoms with E-state index in [4.69, 9.17) is 0 Å². The third kappa shape index (κ3) is 6.23. The first-order chi connectivity index (χ1) is 34.2. The smallest absolute Gasteiger partial charge is 0.0725 e. The molecule has 2 aliphatic carbocycles. The number of rotatable bonds is 7. The highest BCUT2D eigenvalue weighted by molar-refractivity contribution is 7.25. The van der Waals surface area contributed by atoms with Crippen LogP contribution >= 0.6 is 11.3 Å². The van der Waals surface area contributed by atoms with Gasteiger partial charge < -0.3 is 4.90 Å². The predicted octanol–water partition coefficient (Wildman–Crippen LogP) is 18.5. The molecule has 12 aromatic rings. The first kappa shape index (κ1) is 39.6. The van der Waals surface area contributed by atoms with Crippen molar-refractivity contribution >= 4 is 48.6 Å². The number of hydrogen-bond acceptors (Lipinski definition) is 2. The van der Waals surface area contributed by atoms with Gasteiger partial charge in [0, 0.05) is 37.2 Å². The molecule has 69 heavy (non-hydrogen) atoms. The van der Waals surface area contributed by atoms with Crippen LogP contribution in [0.25, 0.3) is 86.9 Å². The number of thiophene rings is 1. The number of benzene rings is 11. The van der Waals surface area contributed by atoms with E-state index in [-0.39, 0.29) is 0 Å². The topological polar surface area (TPSA) is 3.24 Å². The van der Waals surface area contributed by atoms with Gasteiger partial charge in [-0.15, -0.1) is 11.3 Å². The van der Waals surface area contributed by atoms with Gasteiger partial charge in [0.15, 0.2) is 0 Å². The fourth-order valence-electron chi connectivity index (χ4n) is 11.5. The van der Waals surface area contributed by atoms with E-state index in [1.165, 1.54) is 109 Å². The number of hydrogen-bond donors (Lipinski definition) is 0. The second-order valence-electron chi connectivity index (χ2n) is 18.4.